The molecule has 0 amide bonds. The topological polar surface area (TPSA) is 43.8 Å². The Bertz CT molecular complexity index is 301. The molecular formula is C9H15N3. The maximum atomic E-state index is 5.82. The maximum absolute atomic E-state index is 5.82. The lowest BCUT2D eigenvalue weighted by atomic mass is 9.98. The molecule has 2 rings (SSSR count). The summed E-state index contributed by atoms with van der Waals surface area (Å²) in [5.41, 5.74) is 7.07. The molecule has 1 atom stereocenters. The van der Waals surface area contributed by atoms with Crippen molar-refractivity contribution in [2.75, 3.05) is 5.73 Å². The number of fused-ring (bicyclic) bond motifs is 1. The lowest BCUT2D eigenvalue weighted by molar-refractivity contribution is 0.469. The number of nitrogen functional groups attached to an aromatic ring is 1. The van der Waals surface area contributed by atoms with E-state index in [1.807, 2.05) is 6.92 Å². The monoisotopic (exact) mass is 165 g/mol. The molecule has 1 aromatic rings. The van der Waals surface area contributed by atoms with E-state index in [1.54, 1.807) is 0 Å². The second-order valence-electron chi connectivity index (χ2n) is 3.62. The molecule has 0 aliphatic carbocycles. The molecule has 0 bridgehead atoms. The molecule has 0 radical (unpaired) electrons. The molecular weight excluding hydrogens is 150 g/mol. The molecule has 3 nitrogen and oxygen atoms in total. The number of hydrogen-bond acceptors (Lipinski definition) is 2. The van der Waals surface area contributed by atoms with Crippen LogP contribution in [0.3, 0.4) is 0 Å². The summed E-state index contributed by atoms with van der Waals surface area (Å²) in [6.45, 7) is 5.34. The molecule has 1 aromatic heterocycles. The van der Waals surface area contributed by atoms with Crippen molar-refractivity contribution in [3.63, 3.8) is 0 Å². The molecule has 2 heterocycles. The van der Waals surface area contributed by atoms with Gasteiger partial charge in [-0.3, -0.25) is 0 Å². The van der Waals surface area contributed by atoms with Crippen LogP contribution < -0.4 is 5.73 Å². The summed E-state index contributed by atoms with van der Waals surface area (Å²) in [7, 11) is 0. The van der Waals surface area contributed by atoms with E-state index in [1.165, 1.54) is 18.5 Å². The van der Waals surface area contributed by atoms with E-state index in [0.717, 1.165) is 18.2 Å². The summed E-state index contributed by atoms with van der Waals surface area (Å²) in [6, 6.07) is 0. The Kier molecular flexibility index (Phi) is 1.60. The molecule has 0 aromatic carbocycles. The normalized spacial score (nSPS) is 22.3. The largest absolute Gasteiger partial charge is 0.382 e. The molecule has 12 heavy (non-hydrogen) atoms. The Labute approximate surface area is 72.6 Å². The Hall–Kier alpha value is -0.990. The minimum absolute atomic E-state index is 0.583. The van der Waals surface area contributed by atoms with Gasteiger partial charge in [-0.15, -0.1) is 0 Å². The zero-order chi connectivity index (χ0) is 8.72. The van der Waals surface area contributed by atoms with Crippen molar-refractivity contribution in [1.29, 1.82) is 0 Å². The van der Waals surface area contributed by atoms with Crippen LogP contribution in [0, 0.1) is 6.92 Å². The lowest BCUT2D eigenvalue weighted by Crippen LogP contribution is -2.15. The molecule has 1 unspecified atom stereocenters. The van der Waals surface area contributed by atoms with Gasteiger partial charge in [-0.1, -0.05) is 6.92 Å². The van der Waals surface area contributed by atoms with Crippen molar-refractivity contribution >= 4 is 5.82 Å². The van der Waals surface area contributed by atoms with Crippen LogP contribution in [0.4, 0.5) is 5.82 Å². The molecule has 1 aliphatic heterocycles. The number of hydrogen-bond donors (Lipinski definition) is 1. The second-order valence-corrected chi connectivity index (χ2v) is 3.62. The Balaban J connectivity index is 2.55. The summed E-state index contributed by atoms with van der Waals surface area (Å²) >= 11 is 0. The van der Waals surface area contributed by atoms with Gasteiger partial charge in [-0.05, 0) is 19.8 Å². The van der Waals surface area contributed by atoms with E-state index in [2.05, 4.69) is 16.5 Å². The van der Waals surface area contributed by atoms with Gasteiger partial charge in [0.05, 0.1) is 5.69 Å². The number of aryl methyl sites for hydroxylation is 1. The van der Waals surface area contributed by atoms with Gasteiger partial charge in [0, 0.05) is 12.5 Å². The smallest absolute Gasteiger partial charge is 0.145 e. The van der Waals surface area contributed by atoms with Crippen LogP contribution in [-0.2, 0) is 6.54 Å². The third-order valence-corrected chi connectivity index (χ3v) is 2.71. The minimum atomic E-state index is 0.583. The zero-order valence-electron chi connectivity index (χ0n) is 7.67. The fraction of sp³-hybridized carbons (Fsp3) is 0.667. The molecule has 0 saturated heterocycles. The number of imidazole rings is 1. The van der Waals surface area contributed by atoms with Crippen molar-refractivity contribution in [3.05, 3.63) is 11.5 Å². The van der Waals surface area contributed by atoms with Crippen molar-refractivity contribution < 1.29 is 0 Å². The van der Waals surface area contributed by atoms with Gasteiger partial charge in [0.25, 0.3) is 0 Å². The number of aromatic nitrogens is 2. The number of anilines is 1. The van der Waals surface area contributed by atoms with Crippen LogP contribution in [-0.4, -0.2) is 9.55 Å². The minimum Gasteiger partial charge on any atom is -0.382 e. The van der Waals surface area contributed by atoms with E-state index in [0.29, 0.717) is 5.92 Å². The first-order chi connectivity index (χ1) is 5.70. The Morgan fingerprint density at radius 3 is 3.00 bits per heavy atom. The van der Waals surface area contributed by atoms with Gasteiger partial charge in [0.15, 0.2) is 0 Å². The van der Waals surface area contributed by atoms with Gasteiger partial charge in [0.1, 0.15) is 11.6 Å². The van der Waals surface area contributed by atoms with Gasteiger partial charge in [0.2, 0.25) is 0 Å². The summed E-state index contributed by atoms with van der Waals surface area (Å²) in [6.07, 6.45) is 2.50. The van der Waals surface area contributed by atoms with Crippen LogP contribution >= 0.6 is 0 Å². The van der Waals surface area contributed by atoms with Crippen LogP contribution in [0.2, 0.25) is 0 Å². The van der Waals surface area contributed by atoms with Gasteiger partial charge < -0.3 is 10.3 Å². The fourth-order valence-electron chi connectivity index (χ4n) is 2.10. The first-order valence-corrected chi connectivity index (χ1v) is 4.52. The summed E-state index contributed by atoms with van der Waals surface area (Å²) in [5, 5.41) is 0. The summed E-state index contributed by atoms with van der Waals surface area (Å²) in [4.78, 5) is 4.28. The Morgan fingerprint density at radius 1 is 1.58 bits per heavy atom. The fourth-order valence-corrected chi connectivity index (χ4v) is 2.10. The molecule has 0 spiro atoms. The van der Waals surface area contributed by atoms with E-state index >= 15 is 0 Å². The zero-order valence-corrected chi connectivity index (χ0v) is 7.67. The summed E-state index contributed by atoms with van der Waals surface area (Å²) < 4.78 is 2.25. The highest BCUT2D eigenvalue weighted by atomic mass is 15.1. The first kappa shape index (κ1) is 7.65. The van der Waals surface area contributed by atoms with Crippen molar-refractivity contribution in [2.24, 2.45) is 0 Å². The molecule has 66 valence electrons. The van der Waals surface area contributed by atoms with Crippen molar-refractivity contribution in [3.8, 4) is 0 Å². The number of nitrogens with zero attached hydrogens (tertiary/aromatic N) is 2. The van der Waals surface area contributed by atoms with Crippen molar-refractivity contribution in [1.82, 2.24) is 9.55 Å². The van der Waals surface area contributed by atoms with E-state index in [4.69, 9.17) is 5.73 Å². The average molecular weight is 165 g/mol. The Morgan fingerprint density at radius 2 is 2.33 bits per heavy atom. The molecule has 0 fully saturated rings. The predicted octanol–water partition coefficient (Wildman–Crippen LogP) is 1.67. The van der Waals surface area contributed by atoms with Gasteiger partial charge in [-0.25, -0.2) is 4.98 Å². The second kappa shape index (κ2) is 2.51. The highest BCUT2D eigenvalue weighted by molar-refractivity contribution is 5.40. The quantitative estimate of drug-likeness (QED) is 0.635. The van der Waals surface area contributed by atoms with Crippen LogP contribution in [0.1, 0.15) is 37.2 Å². The number of rotatable bonds is 0. The van der Waals surface area contributed by atoms with Crippen LogP contribution in [0.15, 0.2) is 0 Å². The van der Waals surface area contributed by atoms with Crippen LogP contribution in [0.5, 0.6) is 0 Å². The molecule has 1 aliphatic rings. The molecule has 3 heteroatoms. The molecule has 0 saturated carbocycles. The highest BCUT2D eigenvalue weighted by Crippen LogP contribution is 2.31. The SMILES string of the molecule is Cc1nc(N)c2n1CCCC2C. The van der Waals surface area contributed by atoms with Crippen molar-refractivity contribution in [2.45, 2.75) is 39.2 Å². The predicted molar refractivity (Wildman–Crippen MR) is 49.0 cm³/mol. The first-order valence-electron chi connectivity index (χ1n) is 4.52. The standard InChI is InChI=1S/C9H15N3/c1-6-4-3-5-12-7(2)11-9(10)8(6)12/h6H,3-5,10H2,1-2H3. The highest BCUT2D eigenvalue weighted by Gasteiger charge is 2.21. The maximum Gasteiger partial charge on any atom is 0.145 e. The lowest BCUT2D eigenvalue weighted by Gasteiger charge is -2.21. The molecule has 2 N–H and O–H groups in total. The van der Waals surface area contributed by atoms with E-state index in [-0.39, 0.29) is 0 Å². The third-order valence-electron chi connectivity index (χ3n) is 2.71. The van der Waals surface area contributed by atoms with Gasteiger partial charge >= 0.3 is 0 Å². The van der Waals surface area contributed by atoms with E-state index < -0.39 is 0 Å². The van der Waals surface area contributed by atoms with Crippen LogP contribution in [0.25, 0.3) is 0 Å². The number of nitrogens with two attached hydrogens (primary N) is 1. The summed E-state index contributed by atoms with van der Waals surface area (Å²) in [5.74, 6) is 2.38. The van der Waals surface area contributed by atoms with E-state index in [9.17, 15) is 0 Å². The third kappa shape index (κ3) is 0.924. The average Bonchev–Trinajstić information content (AvgIpc) is 2.29. The van der Waals surface area contributed by atoms with Gasteiger partial charge in [-0.2, -0.15) is 0 Å².